The van der Waals surface area contributed by atoms with Gasteiger partial charge in [-0.3, -0.25) is 19.5 Å². The number of amides is 3. The fourth-order valence-corrected chi connectivity index (χ4v) is 4.36. The Bertz CT molecular complexity index is 939. The van der Waals surface area contributed by atoms with Gasteiger partial charge in [-0.15, -0.1) is 0 Å². The summed E-state index contributed by atoms with van der Waals surface area (Å²) < 4.78 is 20.7. The van der Waals surface area contributed by atoms with E-state index < -0.39 is 6.04 Å². The SMILES string of the molecule is CCOCC[N+]1=C(CN2CCN(c3ccc(F)cc3)CC2)N=C2C1C(=O)N(C)C(=O)N2C. The highest BCUT2D eigenvalue weighted by atomic mass is 19.1. The summed E-state index contributed by atoms with van der Waals surface area (Å²) >= 11 is 0. The van der Waals surface area contributed by atoms with E-state index in [4.69, 9.17) is 9.73 Å². The van der Waals surface area contributed by atoms with Crippen LogP contribution in [-0.4, -0.2) is 116 Å². The molecule has 3 aliphatic heterocycles. The number of urea groups is 1. The van der Waals surface area contributed by atoms with E-state index in [1.807, 2.05) is 11.5 Å². The lowest BCUT2D eigenvalue weighted by molar-refractivity contribution is -0.539. The zero-order valence-electron chi connectivity index (χ0n) is 18.8. The topological polar surface area (TPSA) is 71.7 Å². The van der Waals surface area contributed by atoms with Crippen molar-refractivity contribution in [1.82, 2.24) is 14.7 Å². The first-order chi connectivity index (χ1) is 15.4. The number of halogens is 1. The molecule has 0 aromatic heterocycles. The number of amidine groups is 2. The first-order valence-corrected chi connectivity index (χ1v) is 11.0. The van der Waals surface area contributed by atoms with Gasteiger partial charge >= 0.3 is 11.9 Å². The van der Waals surface area contributed by atoms with Crippen molar-refractivity contribution in [3.05, 3.63) is 30.1 Å². The van der Waals surface area contributed by atoms with Crippen molar-refractivity contribution >= 4 is 29.3 Å². The van der Waals surface area contributed by atoms with Gasteiger partial charge in [0, 0.05) is 52.6 Å². The number of carbonyl (C=O) groups excluding carboxylic acids is 2. The molecule has 0 aliphatic carbocycles. The maximum absolute atomic E-state index is 13.2. The fraction of sp³-hybridized carbons (Fsp3) is 0.545. The number of imide groups is 1. The molecule has 1 unspecified atom stereocenters. The molecule has 1 aromatic rings. The summed E-state index contributed by atoms with van der Waals surface area (Å²) in [5.74, 6) is 0.763. The summed E-state index contributed by atoms with van der Waals surface area (Å²) in [6, 6.07) is 5.60. The first-order valence-electron chi connectivity index (χ1n) is 11.0. The molecule has 3 amide bonds. The van der Waals surface area contributed by atoms with Crippen LogP contribution >= 0.6 is 0 Å². The van der Waals surface area contributed by atoms with Gasteiger partial charge in [0.25, 0.3) is 17.8 Å². The van der Waals surface area contributed by atoms with Crippen LogP contribution in [0.25, 0.3) is 0 Å². The summed E-state index contributed by atoms with van der Waals surface area (Å²) in [6.07, 6.45) is 0. The van der Waals surface area contributed by atoms with Crippen molar-refractivity contribution in [2.45, 2.75) is 13.0 Å². The third-order valence-electron chi connectivity index (χ3n) is 6.22. The van der Waals surface area contributed by atoms with Crippen molar-refractivity contribution in [2.75, 3.05) is 71.5 Å². The minimum absolute atomic E-state index is 0.235. The Morgan fingerprint density at radius 1 is 1.09 bits per heavy atom. The molecule has 1 aromatic carbocycles. The lowest BCUT2D eigenvalue weighted by Gasteiger charge is -2.35. The molecule has 32 heavy (non-hydrogen) atoms. The zero-order valence-corrected chi connectivity index (χ0v) is 18.8. The number of anilines is 1. The van der Waals surface area contributed by atoms with E-state index in [0.717, 1.165) is 42.6 Å². The first kappa shape index (κ1) is 22.3. The number of carbonyl (C=O) groups is 2. The molecule has 3 aliphatic rings. The number of nitrogens with zero attached hydrogens (tertiary/aromatic N) is 6. The van der Waals surface area contributed by atoms with Gasteiger partial charge in [0.2, 0.25) is 0 Å². The average molecular weight is 446 g/mol. The molecule has 2 fully saturated rings. The minimum atomic E-state index is -0.598. The number of hydrogen-bond donors (Lipinski definition) is 0. The summed E-state index contributed by atoms with van der Waals surface area (Å²) in [5.41, 5.74) is 1.01. The van der Waals surface area contributed by atoms with E-state index in [9.17, 15) is 14.0 Å². The maximum Gasteiger partial charge on any atom is 0.333 e. The quantitative estimate of drug-likeness (QED) is 0.457. The van der Waals surface area contributed by atoms with Gasteiger partial charge in [-0.25, -0.2) is 13.8 Å². The molecule has 9 nitrogen and oxygen atoms in total. The molecule has 0 saturated carbocycles. The summed E-state index contributed by atoms with van der Waals surface area (Å²) in [7, 11) is 3.16. The smallest absolute Gasteiger partial charge is 0.333 e. The molecule has 0 spiro atoms. The summed E-state index contributed by atoms with van der Waals surface area (Å²) in [6.45, 7) is 7.39. The highest BCUT2D eigenvalue weighted by Crippen LogP contribution is 2.20. The van der Waals surface area contributed by atoms with Crippen molar-refractivity contribution < 1.29 is 23.3 Å². The van der Waals surface area contributed by atoms with Crippen molar-refractivity contribution in [3.8, 4) is 0 Å². The largest absolute Gasteiger partial charge is 0.378 e. The Hall–Kier alpha value is -2.85. The number of ether oxygens (including phenoxy) is 1. The molecule has 0 N–H and O–H groups in total. The monoisotopic (exact) mass is 445 g/mol. The van der Waals surface area contributed by atoms with Crippen LogP contribution in [0, 0.1) is 5.82 Å². The molecule has 10 heteroatoms. The van der Waals surface area contributed by atoms with Crippen LogP contribution in [0.4, 0.5) is 14.9 Å². The molecule has 4 rings (SSSR count). The third-order valence-corrected chi connectivity index (χ3v) is 6.22. The van der Waals surface area contributed by atoms with Gasteiger partial charge < -0.3 is 9.64 Å². The molecule has 3 heterocycles. The normalized spacial score (nSPS) is 22.1. The highest BCUT2D eigenvalue weighted by Gasteiger charge is 2.53. The lowest BCUT2D eigenvalue weighted by atomic mass is 10.1. The van der Waals surface area contributed by atoms with Crippen LogP contribution in [0.2, 0.25) is 0 Å². The Morgan fingerprint density at radius 3 is 2.44 bits per heavy atom. The number of aliphatic imine (C=N–C) groups is 1. The molecular weight excluding hydrogens is 415 g/mol. The van der Waals surface area contributed by atoms with Crippen LogP contribution in [0.3, 0.4) is 0 Å². The van der Waals surface area contributed by atoms with Crippen molar-refractivity contribution in [3.63, 3.8) is 0 Å². The number of piperazine rings is 1. The Kier molecular flexibility index (Phi) is 6.52. The van der Waals surface area contributed by atoms with E-state index in [2.05, 4.69) is 9.80 Å². The third kappa shape index (κ3) is 4.24. The number of hydrogen-bond acceptors (Lipinski definition) is 6. The van der Waals surface area contributed by atoms with E-state index in [1.54, 1.807) is 19.2 Å². The maximum atomic E-state index is 13.2. The van der Waals surface area contributed by atoms with E-state index >= 15 is 0 Å². The molecular formula is C22H30FN6O3+. The van der Waals surface area contributed by atoms with E-state index in [-0.39, 0.29) is 17.8 Å². The predicted molar refractivity (Wildman–Crippen MR) is 119 cm³/mol. The fourth-order valence-electron chi connectivity index (χ4n) is 4.36. The number of fused-ring (bicyclic) bond motifs is 1. The van der Waals surface area contributed by atoms with E-state index in [1.165, 1.54) is 24.1 Å². The molecule has 1 atom stereocenters. The predicted octanol–water partition coefficient (Wildman–Crippen LogP) is 0.700. The average Bonchev–Trinajstić information content (AvgIpc) is 3.16. The Morgan fingerprint density at radius 2 is 1.78 bits per heavy atom. The van der Waals surface area contributed by atoms with Crippen LogP contribution in [-0.2, 0) is 9.53 Å². The van der Waals surface area contributed by atoms with E-state index in [0.29, 0.717) is 32.1 Å². The van der Waals surface area contributed by atoms with Gasteiger partial charge in [-0.2, -0.15) is 0 Å². The van der Waals surface area contributed by atoms with Crippen LogP contribution in [0.15, 0.2) is 29.3 Å². The molecule has 2 saturated heterocycles. The van der Waals surface area contributed by atoms with Crippen molar-refractivity contribution in [1.29, 1.82) is 0 Å². The summed E-state index contributed by atoms with van der Waals surface area (Å²) in [4.78, 5) is 37.2. The van der Waals surface area contributed by atoms with Gasteiger partial charge in [0.1, 0.15) is 18.9 Å². The number of rotatable bonds is 7. The standard InChI is InChI=1S/C22H30FN6O3/c1-4-32-14-13-29-18(24-20-19(29)21(30)26(3)22(31)25(20)2)15-27-9-11-28(12-10-27)17-7-5-16(23)6-8-17/h5-8,19H,4,9-15H2,1-3H3/q+1. The van der Waals surface area contributed by atoms with Crippen LogP contribution < -0.4 is 4.90 Å². The lowest BCUT2D eigenvalue weighted by Crippen LogP contribution is -2.61. The second-order valence-corrected chi connectivity index (χ2v) is 8.16. The van der Waals surface area contributed by atoms with Gasteiger partial charge in [-0.05, 0) is 36.2 Å². The van der Waals surface area contributed by atoms with Crippen molar-refractivity contribution in [2.24, 2.45) is 4.99 Å². The number of benzene rings is 1. The number of likely N-dealkylation sites (N-methyl/N-ethyl adjacent to an activating group) is 2. The van der Waals surface area contributed by atoms with Gasteiger partial charge in [0.05, 0.1) is 6.61 Å². The van der Waals surface area contributed by atoms with Gasteiger partial charge in [-0.1, -0.05) is 0 Å². The molecule has 172 valence electrons. The molecule has 0 radical (unpaired) electrons. The second kappa shape index (κ2) is 9.33. The second-order valence-electron chi connectivity index (χ2n) is 8.16. The highest BCUT2D eigenvalue weighted by molar-refractivity contribution is 6.23. The van der Waals surface area contributed by atoms with Gasteiger partial charge in [0.15, 0.2) is 0 Å². The Labute approximate surface area is 187 Å². The molecule has 0 bridgehead atoms. The minimum Gasteiger partial charge on any atom is -0.378 e. The van der Waals surface area contributed by atoms with Crippen LogP contribution in [0.1, 0.15) is 6.92 Å². The van der Waals surface area contributed by atoms with Crippen LogP contribution in [0.5, 0.6) is 0 Å². The summed E-state index contributed by atoms with van der Waals surface area (Å²) in [5, 5.41) is 0. The Balaban J connectivity index is 1.49. The zero-order chi connectivity index (χ0) is 22.8.